The Hall–Kier alpha value is -2.55. The number of benzene rings is 2. The van der Waals surface area contributed by atoms with Crippen LogP contribution in [0.5, 0.6) is 11.5 Å². The molecule has 0 saturated carbocycles. The third-order valence-corrected chi connectivity index (χ3v) is 4.14. The van der Waals surface area contributed by atoms with Crippen molar-refractivity contribution in [1.29, 1.82) is 0 Å². The van der Waals surface area contributed by atoms with Gasteiger partial charge < -0.3 is 9.47 Å². The molecule has 2 aromatic carbocycles. The zero-order chi connectivity index (χ0) is 20.0. The summed E-state index contributed by atoms with van der Waals surface area (Å²) in [5, 5.41) is 3.83. The Labute approximate surface area is 162 Å². The first-order chi connectivity index (χ1) is 12.7. The van der Waals surface area contributed by atoms with Gasteiger partial charge in [0.25, 0.3) is 0 Å². The van der Waals surface area contributed by atoms with Crippen molar-refractivity contribution in [2.45, 2.75) is 12.6 Å². The largest absolute Gasteiger partial charge is 0.496 e. The van der Waals surface area contributed by atoms with Crippen LogP contribution in [0.4, 0.5) is 13.2 Å². The van der Waals surface area contributed by atoms with Gasteiger partial charge in [0.15, 0.2) is 0 Å². The van der Waals surface area contributed by atoms with Crippen molar-refractivity contribution in [2.24, 2.45) is 5.10 Å². The third-order valence-electron chi connectivity index (χ3n) is 3.52. The van der Waals surface area contributed by atoms with Gasteiger partial charge in [-0.3, -0.25) is 4.79 Å². The normalized spacial score (nSPS) is 11.5. The first kappa shape index (κ1) is 20.8. The Kier molecular flexibility index (Phi) is 6.84. The van der Waals surface area contributed by atoms with Crippen LogP contribution in [0.1, 0.15) is 16.7 Å². The highest BCUT2D eigenvalue weighted by Gasteiger charge is 2.30. The van der Waals surface area contributed by atoms with Crippen molar-refractivity contribution < 1.29 is 27.4 Å². The molecule has 9 heteroatoms. The zero-order valence-electron chi connectivity index (χ0n) is 14.4. The Morgan fingerprint density at radius 1 is 1.19 bits per heavy atom. The molecular formula is C18H16BrF3N2O3. The summed E-state index contributed by atoms with van der Waals surface area (Å²) >= 11 is 3.34. The molecule has 27 heavy (non-hydrogen) atoms. The van der Waals surface area contributed by atoms with Crippen LogP contribution >= 0.6 is 15.9 Å². The number of nitrogens with zero attached hydrogens (tertiary/aromatic N) is 1. The van der Waals surface area contributed by atoms with E-state index in [2.05, 4.69) is 26.5 Å². The van der Waals surface area contributed by atoms with Gasteiger partial charge in [0.05, 0.1) is 36.9 Å². The summed E-state index contributed by atoms with van der Waals surface area (Å²) in [6, 6.07) is 7.94. The summed E-state index contributed by atoms with van der Waals surface area (Å²) < 4.78 is 49.2. The molecule has 1 N–H and O–H groups in total. The molecule has 0 radical (unpaired) electrons. The summed E-state index contributed by atoms with van der Waals surface area (Å²) in [6.45, 7) is 0. The van der Waals surface area contributed by atoms with Crippen molar-refractivity contribution in [1.82, 2.24) is 5.43 Å². The van der Waals surface area contributed by atoms with Crippen LogP contribution in [-0.4, -0.2) is 26.3 Å². The molecule has 0 bridgehead atoms. The summed E-state index contributed by atoms with van der Waals surface area (Å²) in [4.78, 5) is 11.9. The number of amides is 1. The van der Waals surface area contributed by atoms with Crippen molar-refractivity contribution >= 4 is 28.1 Å². The van der Waals surface area contributed by atoms with Gasteiger partial charge in [0, 0.05) is 11.6 Å². The highest BCUT2D eigenvalue weighted by Crippen LogP contribution is 2.32. The van der Waals surface area contributed by atoms with Gasteiger partial charge >= 0.3 is 6.18 Å². The van der Waals surface area contributed by atoms with E-state index in [9.17, 15) is 18.0 Å². The molecule has 0 aliphatic heterocycles. The molecule has 144 valence electrons. The van der Waals surface area contributed by atoms with Crippen LogP contribution in [0.3, 0.4) is 0 Å². The molecule has 0 unspecified atom stereocenters. The molecule has 2 aromatic rings. The quantitative estimate of drug-likeness (QED) is 0.536. The Bertz CT molecular complexity index is 854. The number of alkyl halides is 3. The van der Waals surface area contributed by atoms with E-state index < -0.39 is 17.6 Å². The lowest BCUT2D eigenvalue weighted by Gasteiger charge is -2.09. The number of methoxy groups -OCH3 is 2. The fourth-order valence-electron chi connectivity index (χ4n) is 2.24. The van der Waals surface area contributed by atoms with Crippen LogP contribution in [0, 0.1) is 0 Å². The molecule has 0 heterocycles. The third kappa shape index (κ3) is 5.72. The molecule has 1 amide bonds. The minimum absolute atomic E-state index is 0.231. The van der Waals surface area contributed by atoms with Crippen molar-refractivity contribution in [3.8, 4) is 11.5 Å². The lowest BCUT2D eigenvalue weighted by molar-refractivity contribution is -0.137. The van der Waals surface area contributed by atoms with E-state index >= 15 is 0 Å². The molecular weight excluding hydrogens is 429 g/mol. The predicted octanol–water partition coefficient (Wildman–Crippen LogP) is 4.18. The molecule has 5 nitrogen and oxygen atoms in total. The Morgan fingerprint density at radius 3 is 2.52 bits per heavy atom. The number of carbonyl (C=O) groups is 1. The number of hydrogen-bond donors (Lipinski definition) is 1. The second-order valence-corrected chi connectivity index (χ2v) is 6.25. The van der Waals surface area contributed by atoms with Crippen molar-refractivity contribution in [3.05, 3.63) is 57.6 Å². The van der Waals surface area contributed by atoms with Crippen molar-refractivity contribution in [3.63, 3.8) is 0 Å². The van der Waals surface area contributed by atoms with Gasteiger partial charge in [-0.2, -0.15) is 18.3 Å². The van der Waals surface area contributed by atoms with E-state index in [-0.39, 0.29) is 12.0 Å². The first-order valence-corrected chi connectivity index (χ1v) is 8.43. The van der Waals surface area contributed by atoms with E-state index in [1.165, 1.54) is 32.6 Å². The van der Waals surface area contributed by atoms with Gasteiger partial charge in [0.2, 0.25) is 5.91 Å². The standard InChI is InChI=1S/C18H16BrF3N2O3/c1-26-15-9-16(27-2)14(19)8-12(15)10-23-24-17(25)7-11-4-3-5-13(6-11)18(20,21)22/h3-6,8-10H,7H2,1-2H3,(H,24,25). The van der Waals surface area contributed by atoms with Gasteiger partial charge in [-0.05, 0) is 33.6 Å². The smallest absolute Gasteiger partial charge is 0.416 e. The molecule has 0 spiro atoms. The lowest BCUT2D eigenvalue weighted by Crippen LogP contribution is -2.20. The van der Waals surface area contributed by atoms with Crippen LogP contribution in [0.15, 0.2) is 46.0 Å². The van der Waals surface area contributed by atoms with E-state index in [0.29, 0.717) is 21.5 Å². The fraction of sp³-hybridized carbons (Fsp3) is 0.222. The number of halogens is 4. The van der Waals surface area contributed by atoms with Crippen molar-refractivity contribution in [2.75, 3.05) is 14.2 Å². The monoisotopic (exact) mass is 444 g/mol. The molecule has 0 fully saturated rings. The number of carbonyl (C=O) groups excluding carboxylic acids is 1. The molecule has 0 aliphatic rings. The maximum Gasteiger partial charge on any atom is 0.416 e. The first-order valence-electron chi connectivity index (χ1n) is 7.64. The Morgan fingerprint density at radius 2 is 1.89 bits per heavy atom. The van der Waals surface area contributed by atoms with Crippen LogP contribution in [-0.2, 0) is 17.4 Å². The molecule has 0 saturated heterocycles. The van der Waals surface area contributed by atoms with Crippen LogP contribution in [0.2, 0.25) is 0 Å². The summed E-state index contributed by atoms with van der Waals surface area (Å²) in [6.07, 6.45) is -3.32. The maximum atomic E-state index is 12.7. The van der Waals surface area contributed by atoms with E-state index in [1.807, 2.05) is 0 Å². The average molecular weight is 445 g/mol. The summed E-state index contributed by atoms with van der Waals surface area (Å²) in [7, 11) is 2.99. The average Bonchev–Trinajstić information content (AvgIpc) is 2.61. The topological polar surface area (TPSA) is 59.9 Å². The van der Waals surface area contributed by atoms with E-state index in [0.717, 1.165) is 12.1 Å². The Balaban J connectivity index is 2.05. The second kappa shape index (κ2) is 8.90. The summed E-state index contributed by atoms with van der Waals surface area (Å²) in [5.41, 5.74) is 2.29. The van der Waals surface area contributed by atoms with Crippen LogP contribution in [0.25, 0.3) is 0 Å². The number of hydrogen-bond acceptors (Lipinski definition) is 4. The molecule has 0 aromatic heterocycles. The number of rotatable bonds is 6. The van der Waals surface area contributed by atoms with Gasteiger partial charge in [-0.1, -0.05) is 18.2 Å². The predicted molar refractivity (Wildman–Crippen MR) is 98.1 cm³/mol. The lowest BCUT2D eigenvalue weighted by atomic mass is 10.1. The van der Waals surface area contributed by atoms with E-state index in [1.54, 1.807) is 12.1 Å². The van der Waals surface area contributed by atoms with Gasteiger partial charge in [0.1, 0.15) is 11.5 Å². The zero-order valence-corrected chi connectivity index (χ0v) is 16.0. The SMILES string of the molecule is COc1cc(OC)c(C=NNC(=O)Cc2cccc(C(F)(F)F)c2)cc1Br. The van der Waals surface area contributed by atoms with Crippen LogP contribution < -0.4 is 14.9 Å². The van der Waals surface area contributed by atoms with E-state index in [4.69, 9.17) is 9.47 Å². The molecule has 0 aliphatic carbocycles. The number of hydrazone groups is 1. The molecule has 2 rings (SSSR count). The fourth-order valence-corrected chi connectivity index (χ4v) is 2.76. The molecule has 0 atom stereocenters. The second-order valence-electron chi connectivity index (χ2n) is 5.40. The minimum Gasteiger partial charge on any atom is -0.496 e. The minimum atomic E-state index is -4.46. The number of nitrogens with one attached hydrogen (secondary N) is 1. The maximum absolute atomic E-state index is 12.7. The highest BCUT2D eigenvalue weighted by atomic mass is 79.9. The number of ether oxygens (including phenoxy) is 2. The van der Waals surface area contributed by atoms with Gasteiger partial charge in [-0.25, -0.2) is 5.43 Å². The summed E-state index contributed by atoms with van der Waals surface area (Å²) in [5.74, 6) is 0.501. The van der Waals surface area contributed by atoms with Gasteiger partial charge in [-0.15, -0.1) is 0 Å². The highest BCUT2D eigenvalue weighted by molar-refractivity contribution is 9.10.